The minimum Gasteiger partial charge on any atom is -0.443 e. The van der Waals surface area contributed by atoms with Gasteiger partial charge in [0.1, 0.15) is 19.0 Å². The minimum absolute atomic E-state index is 0.215. The van der Waals surface area contributed by atoms with Crippen LogP contribution in [0.1, 0.15) is 18.6 Å². The zero-order chi connectivity index (χ0) is 12.7. The topological polar surface area (TPSA) is 47.3 Å². The Balaban J connectivity index is 2.26. The normalized spacial score (nSPS) is 12.0. The second-order valence-corrected chi connectivity index (χ2v) is 3.43. The Kier molecular flexibility index (Phi) is 5.43. The van der Waals surface area contributed by atoms with Gasteiger partial charge in [-0.25, -0.2) is 4.98 Å². The highest BCUT2D eigenvalue weighted by Gasteiger charge is 2.27. The molecule has 0 bridgehead atoms. The van der Waals surface area contributed by atoms with Crippen molar-refractivity contribution in [3.8, 4) is 0 Å². The number of aromatic nitrogens is 1. The number of nitrogens with zero attached hydrogens (tertiary/aromatic N) is 1. The van der Waals surface area contributed by atoms with Crippen LogP contribution in [0.5, 0.6) is 0 Å². The molecule has 0 saturated carbocycles. The fraction of sp³-hybridized carbons (Fsp3) is 0.700. The van der Waals surface area contributed by atoms with Crippen LogP contribution in [-0.2, 0) is 17.8 Å². The molecule has 0 amide bonds. The predicted molar refractivity (Wildman–Crippen MR) is 54.5 cm³/mol. The summed E-state index contributed by atoms with van der Waals surface area (Å²) in [6.07, 6.45) is -2.32. The van der Waals surface area contributed by atoms with Crippen LogP contribution in [0, 0.1) is 0 Å². The molecule has 0 fully saturated rings. The van der Waals surface area contributed by atoms with Gasteiger partial charge in [0, 0.05) is 13.0 Å². The van der Waals surface area contributed by atoms with Crippen LogP contribution < -0.4 is 5.32 Å². The smallest absolute Gasteiger partial charge is 0.411 e. The summed E-state index contributed by atoms with van der Waals surface area (Å²) in [5.41, 5.74) is 0. The van der Waals surface area contributed by atoms with Gasteiger partial charge in [0.25, 0.3) is 0 Å². The zero-order valence-corrected chi connectivity index (χ0v) is 9.51. The molecular formula is C10H15F3N2O2. The average Bonchev–Trinajstić information content (AvgIpc) is 2.64. The van der Waals surface area contributed by atoms with Crippen molar-refractivity contribution in [2.24, 2.45) is 0 Å². The Morgan fingerprint density at radius 2 is 2.24 bits per heavy atom. The molecule has 0 spiro atoms. The third-order valence-electron chi connectivity index (χ3n) is 1.88. The molecule has 1 heterocycles. The predicted octanol–water partition coefficient (Wildman–Crippen LogP) is 1.91. The highest BCUT2D eigenvalue weighted by Crippen LogP contribution is 2.15. The van der Waals surface area contributed by atoms with Crippen molar-refractivity contribution in [2.75, 3.05) is 19.7 Å². The molecule has 98 valence electrons. The summed E-state index contributed by atoms with van der Waals surface area (Å²) >= 11 is 0. The van der Waals surface area contributed by atoms with Crippen LogP contribution in [0.2, 0.25) is 0 Å². The first-order chi connectivity index (χ1) is 8.01. The van der Waals surface area contributed by atoms with Crippen LogP contribution in [0.15, 0.2) is 10.6 Å². The van der Waals surface area contributed by atoms with E-state index in [0.717, 1.165) is 13.1 Å². The van der Waals surface area contributed by atoms with E-state index in [1.165, 1.54) is 6.20 Å². The zero-order valence-electron chi connectivity index (χ0n) is 9.51. The summed E-state index contributed by atoms with van der Waals surface area (Å²) in [5.74, 6) is 0.803. The van der Waals surface area contributed by atoms with E-state index in [1.807, 2.05) is 6.92 Å². The van der Waals surface area contributed by atoms with Crippen molar-refractivity contribution in [2.45, 2.75) is 26.1 Å². The van der Waals surface area contributed by atoms with Gasteiger partial charge in [-0.3, -0.25) is 0 Å². The van der Waals surface area contributed by atoms with Crippen molar-refractivity contribution in [3.63, 3.8) is 0 Å². The Morgan fingerprint density at radius 1 is 1.47 bits per heavy atom. The van der Waals surface area contributed by atoms with Gasteiger partial charge in [0.05, 0.1) is 6.20 Å². The molecule has 1 aromatic rings. The molecule has 1 rings (SSSR count). The monoisotopic (exact) mass is 252 g/mol. The van der Waals surface area contributed by atoms with Gasteiger partial charge in [-0.1, -0.05) is 6.92 Å². The van der Waals surface area contributed by atoms with E-state index in [4.69, 9.17) is 4.42 Å². The van der Waals surface area contributed by atoms with Crippen molar-refractivity contribution >= 4 is 0 Å². The lowest BCUT2D eigenvalue weighted by Crippen LogP contribution is -2.16. The highest BCUT2D eigenvalue weighted by atomic mass is 19.4. The lowest BCUT2D eigenvalue weighted by Gasteiger charge is -2.05. The van der Waals surface area contributed by atoms with E-state index in [-0.39, 0.29) is 6.61 Å². The van der Waals surface area contributed by atoms with Crippen molar-refractivity contribution in [3.05, 3.63) is 17.8 Å². The molecule has 1 N–H and O–H groups in total. The largest absolute Gasteiger partial charge is 0.443 e. The minimum atomic E-state index is -4.31. The van der Waals surface area contributed by atoms with Crippen molar-refractivity contribution in [1.82, 2.24) is 10.3 Å². The number of halogens is 3. The van der Waals surface area contributed by atoms with Gasteiger partial charge in [0.2, 0.25) is 0 Å². The fourth-order valence-electron chi connectivity index (χ4n) is 1.17. The summed E-state index contributed by atoms with van der Waals surface area (Å²) in [6, 6.07) is 0. The molecular weight excluding hydrogens is 237 g/mol. The third-order valence-corrected chi connectivity index (χ3v) is 1.88. The number of hydrogen-bond donors (Lipinski definition) is 1. The number of alkyl halides is 3. The molecule has 0 unspecified atom stereocenters. The molecule has 0 radical (unpaired) electrons. The van der Waals surface area contributed by atoms with E-state index in [1.54, 1.807) is 0 Å². The van der Waals surface area contributed by atoms with Crippen LogP contribution in [0.25, 0.3) is 0 Å². The van der Waals surface area contributed by atoms with Crippen LogP contribution in [0.3, 0.4) is 0 Å². The van der Waals surface area contributed by atoms with Gasteiger partial charge < -0.3 is 14.5 Å². The average molecular weight is 252 g/mol. The van der Waals surface area contributed by atoms with Crippen molar-refractivity contribution < 1.29 is 22.3 Å². The first-order valence-corrected chi connectivity index (χ1v) is 5.30. The standard InChI is InChI=1S/C10H15F3N2O2/c1-2-14-4-3-9-15-5-8(17-9)6-16-7-10(11,12)13/h5,14H,2-4,6-7H2,1H3. The van der Waals surface area contributed by atoms with Gasteiger partial charge in [-0.2, -0.15) is 13.2 Å². The Labute approximate surface area is 97.2 Å². The van der Waals surface area contributed by atoms with E-state index in [0.29, 0.717) is 18.1 Å². The van der Waals surface area contributed by atoms with Gasteiger partial charge in [0.15, 0.2) is 5.89 Å². The van der Waals surface area contributed by atoms with Crippen LogP contribution in [0.4, 0.5) is 13.2 Å². The van der Waals surface area contributed by atoms with Gasteiger partial charge >= 0.3 is 6.18 Å². The summed E-state index contributed by atoms with van der Waals surface area (Å²) in [5, 5.41) is 3.09. The molecule has 0 saturated heterocycles. The number of hydrogen-bond acceptors (Lipinski definition) is 4. The lowest BCUT2D eigenvalue weighted by atomic mass is 10.4. The molecule has 0 aliphatic heterocycles. The molecule has 1 aromatic heterocycles. The second-order valence-electron chi connectivity index (χ2n) is 3.43. The maximum Gasteiger partial charge on any atom is 0.411 e. The lowest BCUT2D eigenvalue weighted by molar-refractivity contribution is -0.177. The SMILES string of the molecule is CCNCCc1ncc(COCC(F)(F)F)o1. The molecule has 4 nitrogen and oxygen atoms in total. The summed E-state index contributed by atoms with van der Waals surface area (Å²) in [4.78, 5) is 3.94. The molecule has 7 heteroatoms. The third kappa shape index (κ3) is 6.28. The van der Waals surface area contributed by atoms with E-state index >= 15 is 0 Å². The van der Waals surface area contributed by atoms with Gasteiger partial charge in [-0.15, -0.1) is 0 Å². The molecule has 0 atom stereocenters. The maximum absolute atomic E-state index is 11.8. The Hall–Kier alpha value is -1.08. The number of rotatable bonds is 7. The van der Waals surface area contributed by atoms with Crippen LogP contribution in [-0.4, -0.2) is 30.9 Å². The Bertz CT molecular complexity index is 326. The second kappa shape index (κ2) is 6.61. The summed E-state index contributed by atoms with van der Waals surface area (Å²) < 4.78 is 45.0. The number of ether oxygens (including phenoxy) is 1. The fourth-order valence-corrected chi connectivity index (χ4v) is 1.17. The molecule has 17 heavy (non-hydrogen) atoms. The molecule has 0 aliphatic rings. The molecule has 0 aromatic carbocycles. The number of likely N-dealkylation sites (N-methyl/N-ethyl adjacent to an activating group) is 1. The Morgan fingerprint density at radius 3 is 2.88 bits per heavy atom. The first-order valence-electron chi connectivity index (χ1n) is 5.30. The van der Waals surface area contributed by atoms with Crippen LogP contribution >= 0.6 is 0 Å². The summed E-state index contributed by atoms with van der Waals surface area (Å²) in [6.45, 7) is 2.06. The maximum atomic E-state index is 11.8. The highest BCUT2D eigenvalue weighted by molar-refractivity contribution is 4.93. The van der Waals surface area contributed by atoms with E-state index in [9.17, 15) is 13.2 Å². The molecule has 0 aliphatic carbocycles. The summed E-state index contributed by atoms with van der Waals surface area (Å²) in [7, 11) is 0. The van der Waals surface area contributed by atoms with Gasteiger partial charge in [-0.05, 0) is 6.54 Å². The number of nitrogens with one attached hydrogen (secondary N) is 1. The quantitative estimate of drug-likeness (QED) is 0.753. The van der Waals surface area contributed by atoms with E-state index in [2.05, 4.69) is 15.0 Å². The van der Waals surface area contributed by atoms with Crippen molar-refractivity contribution in [1.29, 1.82) is 0 Å². The first kappa shape index (κ1) is 14.0. The van der Waals surface area contributed by atoms with E-state index < -0.39 is 12.8 Å². The number of oxazole rings is 1.